The summed E-state index contributed by atoms with van der Waals surface area (Å²) < 4.78 is 14.3. The second-order valence-corrected chi connectivity index (χ2v) is 8.38. The van der Waals surface area contributed by atoms with Crippen molar-refractivity contribution in [1.29, 1.82) is 0 Å². The van der Waals surface area contributed by atoms with E-state index >= 15 is 0 Å². The number of aromatic nitrogens is 3. The van der Waals surface area contributed by atoms with Gasteiger partial charge in [-0.05, 0) is 49.2 Å². The third-order valence-corrected chi connectivity index (χ3v) is 5.97. The van der Waals surface area contributed by atoms with E-state index in [0.29, 0.717) is 40.0 Å². The average Bonchev–Trinajstić information content (AvgIpc) is 3.27. The van der Waals surface area contributed by atoms with Crippen LogP contribution in [0.4, 0.5) is 0 Å². The molecule has 0 amide bonds. The number of fused-ring (bicyclic) bond motifs is 1. The lowest BCUT2D eigenvalue weighted by molar-refractivity contribution is 0.277. The van der Waals surface area contributed by atoms with E-state index in [-0.39, 0.29) is 5.56 Å². The first-order chi connectivity index (χ1) is 14.6. The standard InChI is InChI=1S/C22H20BrN3O3S/c1-3-11-29-17-10-9-14(12-18(17)28-4-2)13-19-21(27)26-22(30-19)24-20(25-26)15-7-5-6-8-16(15)23/h5-10,12-13H,3-4,11H2,1-2H3/b19-13-. The van der Waals surface area contributed by atoms with Crippen LogP contribution >= 0.6 is 27.3 Å². The Bertz CT molecular complexity index is 1300. The van der Waals surface area contributed by atoms with Crippen LogP contribution in [-0.4, -0.2) is 27.8 Å². The maximum Gasteiger partial charge on any atom is 0.291 e. The fraction of sp³-hybridized carbons (Fsp3) is 0.227. The van der Waals surface area contributed by atoms with Gasteiger partial charge in [-0.2, -0.15) is 9.50 Å². The van der Waals surface area contributed by atoms with Crippen LogP contribution in [0.25, 0.3) is 22.4 Å². The van der Waals surface area contributed by atoms with Crippen molar-refractivity contribution in [3.8, 4) is 22.9 Å². The zero-order valence-corrected chi connectivity index (χ0v) is 19.0. The molecule has 0 aliphatic carbocycles. The second kappa shape index (κ2) is 8.97. The van der Waals surface area contributed by atoms with Crippen LogP contribution in [0.1, 0.15) is 25.8 Å². The predicted molar refractivity (Wildman–Crippen MR) is 122 cm³/mol. The molecule has 0 bridgehead atoms. The number of hydrogen-bond acceptors (Lipinski definition) is 6. The van der Waals surface area contributed by atoms with Crippen molar-refractivity contribution in [2.75, 3.05) is 13.2 Å². The van der Waals surface area contributed by atoms with E-state index in [1.807, 2.05) is 55.5 Å². The first kappa shape index (κ1) is 20.6. The van der Waals surface area contributed by atoms with Gasteiger partial charge in [-0.15, -0.1) is 5.10 Å². The van der Waals surface area contributed by atoms with E-state index in [9.17, 15) is 4.79 Å². The Morgan fingerprint density at radius 2 is 1.97 bits per heavy atom. The molecule has 2 heterocycles. The summed E-state index contributed by atoms with van der Waals surface area (Å²) in [5.41, 5.74) is 1.52. The van der Waals surface area contributed by atoms with Crippen molar-refractivity contribution in [3.63, 3.8) is 0 Å². The molecule has 6 nitrogen and oxygen atoms in total. The van der Waals surface area contributed by atoms with Gasteiger partial charge >= 0.3 is 0 Å². The monoisotopic (exact) mass is 485 g/mol. The van der Waals surface area contributed by atoms with E-state index in [0.717, 1.165) is 22.0 Å². The molecule has 4 rings (SSSR count). The summed E-state index contributed by atoms with van der Waals surface area (Å²) >= 11 is 4.82. The SMILES string of the molecule is CCCOc1ccc(/C=c2\sc3nc(-c4ccccc4Br)nn3c2=O)cc1OCC. The van der Waals surface area contributed by atoms with Crippen LogP contribution in [0.3, 0.4) is 0 Å². The van der Waals surface area contributed by atoms with Crippen LogP contribution < -0.4 is 19.6 Å². The molecule has 0 unspecified atom stereocenters. The summed E-state index contributed by atoms with van der Waals surface area (Å²) in [7, 11) is 0. The topological polar surface area (TPSA) is 65.7 Å². The van der Waals surface area contributed by atoms with Crippen LogP contribution in [0, 0.1) is 0 Å². The van der Waals surface area contributed by atoms with E-state index in [1.54, 1.807) is 0 Å². The molecule has 2 aromatic carbocycles. The minimum atomic E-state index is -0.190. The Balaban J connectivity index is 1.72. The molecule has 8 heteroatoms. The predicted octanol–water partition coefficient (Wildman–Crippen LogP) is 4.32. The van der Waals surface area contributed by atoms with E-state index < -0.39 is 0 Å². The summed E-state index contributed by atoms with van der Waals surface area (Å²) in [4.78, 5) is 18.0. The van der Waals surface area contributed by atoms with Crippen LogP contribution in [-0.2, 0) is 0 Å². The summed E-state index contributed by atoms with van der Waals surface area (Å²) in [6.45, 7) is 5.15. The van der Waals surface area contributed by atoms with Gasteiger partial charge in [0, 0.05) is 10.0 Å². The first-order valence-electron chi connectivity index (χ1n) is 9.66. The lowest BCUT2D eigenvalue weighted by atomic mass is 10.2. The molecule has 0 atom stereocenters. The number of ether oxygens (including phenoxy) is 2. The number of halogens is 1. The Morgan fingerprint density at radius 1 is 1.13 bits per heavy atom. The van der Waals surface area contributed by atoms with Crippen molar-refractivity contribution >= 4 is 38.3 Å². The molecule has 0 spiro atoms. The van der Waals surface area contributed by atoms with Gasteiger partial charge < -0.3 is 9.47 Å². The third-order valence-electron chi connectivity index (χ3n) is 4.32. The van der Waals surface area contributed by atoms with Gasteiger partial charge in [-0.3, -0.25) is 4.79 Å². The molecule has 30 heavy (non-hydrogen) atoms. The van der Waals surface area contributed by atoms with Gasteiger partial charge in [-0.1, -0.05) is 52.4 Å². The number of thiazole rings is 1. The van der Waals surface area contributed by atoms with E-state index in [2.05, 4.69) is 32.9 Å². The summed E-state index contributed by atoms with van der Waals surface area (Å²) in [5.74, 6) is 1.90. The van der Waals surface area contributed by atoms with Crippen molar-refractivity contribution < 1.29 is 9.47 Å². The molecular weight excluding hydrogens is 466 g/mol. The van der Waals surface area contributed by atoms with E-state index in [4.69, 9.17) is 9.47 Å². The van der Waals surface area contributed by atoms with Crippen molar-refractivity contribution in [2.45, 2.75) is 20.3 Å². The van der Waals surface area contributed by atoms with Gasteiger partial charge in [0.05, 0.1) is 17.7 Å². The smallest absolute Gasteiger partial charge is 0.291 e. The molecule has 0 N–H and O–H groups in total. The largest absolute Gasteiger partial charge is 0.490 e. The summed E-state index contributed by atoms with van der Waals surface area (Å²) in [5, 5.41) is 4.41. The number of hydrogen-bond donors (Lipinski definition) is 0. The third kappa shape index (κ3) is 4.11. The fourth-order valence-electron chi connectivity index (χ4n) is 2.96. The second-order valence-electron chi connectivity index (χ2n) is 6.51. The quantitative estimate of drug-likeness (QED) is 0.390. The molecule has 2 aromatic heterocycles. The van der Waals surface area contributed by atoms with Gasteiger partial charge in [0.2, 0.25) is 4.96 Å². The molecule has 154 valence electrons. The van der Waals surface area contributed by atoms with Crippen LogP contribution in [0.15, 0.2) is 51.7 Å². The van der Waals surface area contributed by atoms with Gasteiger partial charge in [0.15, 0.2) is 17.3 Å². The van der Waals surface area contributed by atoms with Gasteiger partial charge in [0.25, 0.3) is 5.56 Å². The maximum atomic E-state index is 12.9. The average molecular weight is 486 g/mol. The van der Waals surface area contributed by atoms with E-state index in [1.165, 1.54) is 15.9 Å². The molecule has 0 saturated carbocycles. The molecule has 0 fully saturated rings. The fourth-order valence-corrected chi connectivity index (χ4v) is 4.33. The molecule has 0 aliphatic rings. The number of benzene rings is 2. The number of rotatable bonds is 7. The summed E-state index contributed by atoms with van der Waals surface area (Å²) in [6, 6.07) is 13.3. The highest BCUT2D eigenvalue weighted by atomic mass is 79.9. The zero-order chi connectivity index (χ0) is 21.1. The van der Waals surface area contributed by atoms with Gasteiger partial charge in [0.1, 0.15) is 0 Å². The lowest BCUT2D eigenvalue weighted by Gasteiger charge is -2.11. The zero-order valence-electron chi connectivity index (χ0n) is 16.6. The highest BCUT2D eigenvalue weighted by Gasteiger charge is 2.14. The Kier molecular flexibility index (Phi) is 6.15. The normalized spacial score (nSPS) is 11.9. The molecule has 4 aromatic rings. The Morgan fingerprint density at radius 3 is 2.70 bits per heavy atom. The molecule has 0 aliphatic heterocycles. The van der Waals surface area contributed by atoms with Crippen molar-refractivity contribution in [1.82, 2.24) is 14.6 Å². The van der Waals surface area contributed by atoms with Crippen LogP contribution in [0.2, 0.25) is 0 Å². The van der Waals surface area contributed by atoms with Crippen molar-refractivity contribution in [2.24, 2.45) is 0 Å². The first-order valence-corrected chi connectivity index (χ1v) is 11.3. The lowest BCUT2D eigenvalue weighted by Crippen LogP contribution is -2.23. The minimum absolute atomic E-state index is 0.190. The molecule has 0 saturated heterocycles. The number of nitrogens with zero attached hydrogens (tertiary/aromatic N) is 3. The molecule has 0 radical (unpaired) electrons. The molecular formula is C22H20BrN3O3S. The Hall–Kier alpha value is -2.71. The minimum Gasteiger partial charge on any atom is -0.490 e. The maximum absolute atomic E-state index is 12.9. The van der Waals surface area contributed by atoms with Crippen LogP contribution in [0.5, 0.6) is 11.5 Å². The van der Waals surface area contributed by atoms with Crippen molar-refractivity contribution in [3.05, 3.63) is 67.4 Å². The Labute approximate surface area is 185 Å². The highest BCUT2D eigenvalue weighted by Crippen LogP contribution is 2.29. The highest BCUT2D eigenvalue weighted by molar-refractivity contribution is 9.10. The van der Waals surface area contributed by atoms with Gasteiger partial charge in [-0.25, -0.2) is 0 Å². The summed E-state index contributed by atoms with van der Waals surface area (Å²) in [6.07, 6.45) is 2.75.